The molecule has 2 atom stereocenters. The third-order valence-electron chi connectivity index (χ3n) is 5.75. The lowest BCUT2D eigenvalue weighted by atomic mass is 9.75. The van der Waals surface area contributed by atoms with Gasteiger partial charge in [-0.1, -0.05) is 39.2 Å². The van der Waals surface area contributed by atoms with Crippen molar-refractivity contribution in [2.75, 3.05) is 6.54 Å². The predicted molar refractivity (Wildman–Crippen MR) is 87.8 cm³/mol. The third-order valence-corrected chi connectivity index (χ3v) is 5.75. The SMILES string of the molecule is Cc1ccc(O)c2c1C(C)CC2NCC1(C)CCCCC1. The Labute approximate surface area is 129 Å². The Balaban J connectivity index is 1.76. The van der Waals surface area contributed by atoms with Crippen molar-refractivity contribution >= 4 is 0 Å². The number of rotatable bonds is 3. The summed E-state index contributed by atoms with van der Waals surface area (Å²) in [5.41, 5.74) is 4.32. The van der Waals surface area contributed by atoms with Crippen LogP contribution in [0.3, 0.4) is 0 Å². The third kappa shape index (κ3) is 2.83. The number of benzene rings is 1. The van der Waals surface area contributed by atoms with Crippen molar-refractivity contribution in [1.29, 1.82) is 0 Å². The van der Waals surface area contributed by atoms with Crippen LogP contribution in [-0.4, -0.2) is 11.7 Å². The Bertz CT molecular complexity index is 517. The second-order valence-electron chi connectivity index (χ2n) is 7.67. The molecule has 21 heavy (non-hydrogen) atoms. The summed E-state index contributed by atoms with van der Waals surface area (Å²) in [7, 11) is 0. The molecule has 2 N–H and O–H groups in total. The quantitative estimate of drug-likeness (QED) is 0.836. The highest BCUT2D eigenvalue weighted by molar-refractivity contribution is 5.50. The molecule has 0 amide bonds. The van der Waals surface area contributed by atoms with Gasteiger partial charge >= 0.3 is 0 Å². The minimum absolute atomic E-state index is 0.327. The van der Waals surface area contributed by atoms with Crippen LogP contribution in [0.25, 0.3) is 0 Å². The second-order valence-corrected chi connectivity index (χ2v) is 7.67. The molecule has 2 nitrogen and oxygen atoms in total. The van der Waals surface area contributed by atoms with Crippen LogP contribution in [0.4, 0.5) is 0 Å². The molecular weight excluding hydrogens is 258 g/mol. The summed E-state index contributed by atoms with van der Waals surface area (Å²) in [6.07, 6.45) is 7.95. The first-order valence-corrected chi connectivity index (χ1v) is 8.56. The Morgan fingerprint density at radius 2 is 1.90 bits per heavy atom. The fraction of sp³-hybridized carbons (Fsp3) is 0.684. The van der Waals surface area contributed by atoms with Crippen LogP contribution in [0.2, 0.25) is 0 Å². The van der Waals surface area contributed by atoms with Crippen molar-refractivity contribution in [2.24, 2.45) is 5.41 Å². The molecular formula is C19H29NO. The zero-order valence-corrected chi connectivity index (χ0v) is 13.7. The number of nitrogens with one attached hydrogen (secondary N) is 1. The van der Waals surface area contributed by atoms with Crippen molar-refractivity contribution in [2.45, 2.75) is 71.3 Å². The summed E-state index contributed by atoms with van der Waals surface area (Å²) in [6.45, 7) is 7.96. The molecule has 116 valence electrons. The average molecular weight is 287 g/mol. The number of aryl methyl sites for hydroxylation is 1. The summed E-state index contributed by atoms with van der Waals surface area (Å²) < 4.78 is 0. The number of hydrogen-bond donors (Lipinski definition) is 2. The molecule has 0 spiro atoms. The molecule has 1 aromatic carbocycles. The van der Waals surface area contributed by atoms with Crippen molar-refractivity contribution < 1.29 is 5.11 Å². The lowest BCUT2D eigenvalue weighted by Gasteiger charge is -2.35. The number of fused-ring (bicyclic) bond motifs is 1. The van der Waals surface area contributed by atoms with Gasteiger partial charge in [0.1, 0.15) is 5.75 Å². The molecule has 0 aromatic heterocycles. The summed E-state index contributed by atoms with van der Waals surface area (Å²) in [6, 6.07) is 4.24. The summed E-state index contributed by atoms with van der Waals surface area (Å²) in [4.78, 5) is 0. The van der Waals surface area contributed by atoms with Crippen molar-refractivity contribution in [3.63, 3.8) is 0 Å². The van der Waals surface area contributed by atoms with Crippen molar-refractivity contribution in [3.8, 4) is 5.75 Å². The largest absolute Gasteiger partial charge is 0.508 e. The highest BCUT2D eigenvalue weighted by atomic mass is 16.3. The molecule has 0 saturated heterocycles. The molecule has 0 bridgehead atoms. The maximum absolute atomic E-state index is 10.3. The van der Waals surface area contributed by atoms with E-state index in [1.807, 2.05) is 6.07 Å². The molecule has 3 rings (SSSR count). The molecule has 1 saturated carbocycles. The second kappa shape index (κ2) is 5.64. The minimum Gasteiger partial charge on any atom is -0.508 e. The average Bonchev–Trinajstić information content (AvgIpc) is 2.80. The van der Waals surface area contributed by atoms with Crippen LogP contribution in [0.5, 0.6) is 5.75 Å². The van der Waals surface area contributed by atoms with Crippen LogP contribution in [0, 0.1) is 12.3 Å². The molecule has 1 fully saturated rings. The lowest BCUT2D eigenvalue weighted by Crippen LogP contribution is -2.35. The van der Waals surface area contributed by atoms with Crippen LogP contribution in [0.15, 0.2) is 12.1 Å². The van der Waals surface area contributed by atoms with E-state index in [2.05, 4.69) is 32.2 Å². The number of hydrogen-bond acceptors (Lipinski definition) is 2. The summed E-state index contributed by atoms with van der Waals surface area (Å²) in [5.74, 6) is 1.02. The maximum Gasteiger partial charge on any atom is 0.120 e. The van der Waals surface area contributed by atoms with E-state index >= 15 is 0 Å². The smallest absolute Gasteiger partial charge is 0.120 e. The number of phenols is 1. The van der Waals surface area contributed by atoms with Gasteiger partial charge in [-0.15, -0.1) is 0 Å². The maximum atomic E-state index is 10.3. The first kappa shape index (κ1) is 14.9. The molecule has 1 aromatic rings. The van der Waals surface area contributed by atoms with Gasteiger partial charge in [-0.25, -0.2) is 0 Å². The molecule has 2 heteroatoms. The van der Waals surface area contributed by atoms with E-state index in [1.165, 1.54) is 48.8 Å². The van der Waals surface area contributed by atoms with E-state index in [0.29, 0.717) is 23.1 Å². The van der Waals surface area contributed by atoms with E-state index in [4.69, 9.17) is 0 Å². The highest BCUT2D eigenvalue weighted by Gasteiger charge is 2.34. The first-order chi connectivity index (χ1) is 10.0. The molecule has 2 aliphatic carbocycles. The molecule has 0 heterocycles. The summed E-state index contributed by atoms with van der Waals surface area (Å²) in [5, 5.41) is 14.1. The molecule has 2 unspecified atom stereocenters. The lowest BCUT2D eigenvalue weighted by molar-refractivity contribution is 0.199. The van der Waals surface area contributed by atoms with Gasteiger partial charge in [-0.2, -0.15) is 0 Å². The van der Waals surface area contributed by atoms with Gasteiger partial charge in [-0.05, 0) is 54.7 Å². The zero-order chi connectivity index (χ0) is 15.0. The Morgan fingerprint density at radius 1 is 1.19 bits per heavy atom. The van der Waals surface area contributed by atoms with Gasteiger partial charge in [0, 0.05) is 18.2 Å². The van der Waals surface area contributed by atoms with Gasteiger partial charge in [0.25, 0.3) is 0 Å². The fourth-order valence-corrected chi connectivity index (χ4v) is 4.48. The van der Waals surface area contributed by atoms with E-state index < -0.39 is 0 Å². The van der Waals surface area contributed by atoms with E-state index in [0.717, 1.165) is 13.0 Å². The topological polar surface area (TPSA) is 32.3 Å². The van der Waals surface area contributed by atoms with Crippen LogP contribution in [0.1, 0.15) is 81.0 Å². The monoisotopic (exact) mass is 287 g/mol. The van der Waals surface area contributed by atoms with E-state index in [-0.39, 0.29) is 0 Å². The van der Waals surface area contributed by atoms with Crippen molar-refractivity contribution in [3.05, 3.63) is 28.8 Å². The van der Waals surface area contributed by atoms with Crippen molar-refractivity contribution in [1.82, 2.24) is 5.32 Å². The summed E-state index contributed by atoms with van der Waals surface area (Å²) >= 11 is 0. The highest BCUT2D eigenvalue weighted by Crippen LogP contribution is 2.46. The van der Waals surface area contributed by atoms with Gasteiger partial charge in [0.05, 0.1) is 0 Å². The zero-order valence-electron chi connectivity index (χ0n) is 13.7. The standard InChI is InChI=1S/C19H29NO/c1-13-7-8-16(21)18-15(11-14(2)17(13)18)20-12-19(3)9-5-4-6-10-19/h7-8,14-15,20-21H,4-6,9-12H2,1-3H3. The minimum atomic E-state index is 0.327. The van der Waals surface area contributed by atoms with Crippen LogP contribution in [-0.2, 0) is 0 Å². The Morgan fingerprint density at radius 3 is 2.62 bits per heavy atom. The van der Waals surface area contributed by atoms with Crippen LogP contribution >= 0.6 is 0 Å². The Hall–Kier alpha value is -1.02. The molecule has 2 aliphatic rings. The van der Waals surface area contributed by atoms with Crippen LogP contribution < -0.4 is 5.32 Å². The van der Waals surface area contributed by atoms with Gasteiger partial charge in [0.2, 0.25) is 0 Å². The van der Waals surface area contributed by atoms with E-state index in [9.17, 15) is 5.11 Å². The van der Waals surface area contributed by atoms with E-state index in [1.54, 1.807) is 0 Å². The fourth-order valence-electron chi connectivity index (χ4n) is 4.48. The normalized spacial score (nSPS) is 27.6. The van der Waals surface area contributed by atoms with Gasteiger partial charge in [-0.3, -0.25) is 0 Å². The first-order valence-electron chi connectivity index (χ1n) is 8.56. The Kier molecular flexibility index (Phi) is 4.00. The number of phenolic OH excluding ortho intramolecular Hbond substituents is 1. The van der Waals surface area contributed by atoms with Gasteiger partial charge in [0.15, 0.2) is 0 Å². The molecule has 0 radical (unpaired) electrons. The number of aromatic hydroxyl groups is 1. The molecule has 0 aliphatic heterocycles. The van der Waals surface area contributed by atoms with Gasteiger partial charge < -0.3 is 10.4 Å². The predicted octanol–water partition coefficient (Wildman–Crippen LogP) is 4.81.